The van der Waals surface area contributed by atoms with E-state index in [4.69, 9.17) is 4.74 Å². The van der Waals surface area contributed by atoms with Crippen LogP contribution < -0.4 is 20.3 Å². The Bertz CT molecular complexity index is 1240. The molecule has 1 fully saturated rings. The first-order valence-corrected chi connectivity index (χ1v) is 12.9. The normalized spacial score (nSPS) is 16.9. The second-order valence-corrected chi connectivity index (χ2v) is 11.4. The number of aromatic hydroxyl groups is 1. The van der Waals surface area contributed by atoms with Gasteiger partial charge in [-0.2, -0.15) is 0 Å². The highest BCUT2D eigenvalue weighted by Gasteiger charge is 2.39. The lowest BCUT2D eigenvalue weighted by molar-refractivity contribution is -0.118. The van der Waals surface area contributed by atoms with Gasteiger partial charge in [0.2, 0.25) is 5.91 Å². The van der Waals surface area contributed by atoms with Gasteiger partial charge in [0.25, 0.3) is 0 Å². The molecule has 0 spiro atoms. The molecule has 0 aliphatic carbocycles. The molecule has 198 valence electrons. The third-order valence-electron chi connectivity index (χ3n) is 6.89. The lowest BCUT2D eigenvalue weighted by Crippen LogP contribution is -2.62. The van der Waals surface area contributed by atoms with Crippen molar-refractivity contribution in [2.45, 2.75) is 71.0 Å². The number of fused-ring (bicyclic) bond motifs is 1. The predicted molar refractivity (Wildman–Crippen MR) is 148 cm³/mol. The summed E-state index contributed by atoms with van der Waals surface area (Å²) in [6, 6.07) is 13.7. The molecule has 1 saturated heterocycles. The molecule has 1 aromatic heterocycles. The Labute approximate surface area is 219 Å². The van der Waals surface area contributed by atoms with Crippen molar-refractivity contribution in [1.29, 1.82) is 0 Å². The zero-order valence-corrected chi connectivity index (χ0v) is 22.8. The van der Waals surface area contributed by atoms with Crippen molar-refractivity contribution in [3.8, 4) is 22.8 Å². The van der Waals surface area contributed by atoms with Gasteiger partial charge in [-0.05, 0) is 94.1 Å². The number of phenolic OH excluding ortho intramolecular Hbond substituents is 1. The number of anilines is 1. The second kappa shape index (κ2) is 10.5. The fraction of sp³-hybridized carbons (Fsp3) is 0.483. The van der Waals surface area contributed by atoms with E-state index in [0.717, 1.165) is 41.6 Å². The molecule has 1 aliphatic rings. The number of amides is 1. The first-order chi connectivity index (χ1) is 17.4. The molecule has 0 atom stereocenters. The van der Waals surface area contributed by atoms with Crippen LogP contribution in [0.1, 0.15) is 53.9 Å². The van der Waals surface area contributed by atoms with Crippen LogP contribution in [0.4, 0.5) is 5.82 Å². The number of piperidine rings is 1. The van der Waals surface area contributed by atoms with E-state index in [9.17, 15) is 9.90 Å². The molecule has 8 nitrogen and oxygen atoms in total. The van der Waals surface area contributed by atoms with E-state index in [-0.39, 0.29) is 22.7 Å². The summed E-state index contributed by atoms with van der Waals surface area (Å²) in [6.07, 6.45) is 2.75. The molecule has 0 unspecified atom stereocenters. The molecular weight excluding hydrogens is 466 g/mol. The Kier molecular flexibility index (Phi) is 7.59. The number of phenols is 1. The minimum atomic E-state index is -0.0433. The van der Waals surface area contributed by atoms with Crippen LogP contribution in [0.2, 0.25) is 0 Å². The third-order valence-corrected chi connectivity index (χ3v) is 6.89. The number of ether oxygens (including phenoxy) is 1. The Morgan fingerprint density at radius 3 is 2.46 bits per heavy atom. The maximum Gasteiger partial charge on any atom is 0.216 e. The van der Waals surface area contributed by atoms with E-state index in [0.29, 0.717) is 30.5 Å². The van der Waals surface area contributed by atoms with Crippen LogP contribution >= 0.6 is 0 Å². The van der Waals surface area contributed by atoms with Crippen molar-refractivity contribution < 1.29 is 14.6 Å². The number of benzene rings is 2. The molecule has 2 aromatic carbocycles. The van der Waals surface area contributed by atoms with Crippen LogP contribution in [0.3, 0.4) is 0 Å². The highest BCUT2D eigenvalue weighted by atomic mass is 16.5. The molecule has 1 aliphatic heterocycles. The van der Waals surface area contributed by atoms with Gasteiger partial charge in [0.15, 0.2) is 5.82 Å². The molecule has 3 aromatic rings. The lowest BCUT2D eigenvalue weighted by Gasteiger charge is -2.49. The summed E-state index contributed by atoms with van der Waals surface area (Å²) in [4.78, 5) is 13.2. The maximum atomic E-state index is 11.0. The molecule has 0 radical (unpaired) electrons. The standard InChI is InChI=1S/C29H39N5O3/c1-19(35)30-12-7-13-37-23-9-8-20-15-24(26(36)16-21(20)14-23)25-10-11-27(32-31-25)34(6)22-17-28(2,3)33-29(4,5)18-22/h8-11,14-16,22,33,36H,7,12-13,17-18H2,1-6H3,(H,30,35). The van der Waals surface area contributed by atoms with Gasteiger partial charge in [-0.1, -0.05) is 6.07 Å². The van der Waals surface area contributed by atoms with E-state index in [2.05, 4.69) is 60.5 Å². The van der Waals surface area contributed by atoms with Gasteiger partial charge in [-0.3, -0.25) is 4.79 Å². The fourth-order valence-corrected chi connectivity index (χ4v) is 5.47. The van der Waals surface area contributed by atoms with E-state index in [1.165, 1.54) is 6.92 Å². The third kappa shape index (κ3) is 6.68. The molecule has 0 bridgehead atoms. The van der Waals surface area contributed by atoms with Gasteiger partial charge in [-0.25, -0.2) is 0 Å². The van der Waals surface area contributed by atoms with E-state index in [1.807, 2.05) is 36.4 Å². The minimum absolute atomic E-state index is 0.0433. The van der Waals surface area contributed by atoms with E-state index >= 15 is 0 Å². The van der Waals surface area contributed by atoms with Crippen LogP contribution in [-0.2, 0) is 4.79 Å². The largest absolute Gasteiger partial charge is 0.507 e. The molecule has 37 heavy (non-hydrogen) atoms. The van der Waals surface area contributed by atoms with Crippen LogP contribution in [-0.4, -0.2) is 58.5 Å². The molecule has 2 heterocycles. The number of nitrogens with one attached hydrogen (secondary N) is 2. The van der Waals surface area contributed by atoms with Gasteiger partial charge in [0.05, 0.1) is 12.3 Å². The Morgan fingerprint density at radius 1 is 1.08 bits per heavy atom. The highest BCUT2D eigenvalue weighted by molar-refractivity contribution is 5.90. The summed E-state index contributed by atoms with van der Waals surface area (Å²) in [5.74, 6) is 1.65. The topological polar surface area (TPSA) is 99.6 Å². The van der Waals surface area contributed by atoms with Gasteiger partial charge in [0.1, 0.15) is 11.5 Å². The Morgan fingerprint density at radius 2 is 1.81 bits per heavy atom. The van der Waals surface area contributed by atoms with Crippen molar-refractivity contribution in [2.75, 3.05) is 25.1 Å². The Hall–Kier alpha value is -3.39. The molecule has 1 amide bonds. The number of carbonyl (C=O) groups is 1. The van der Waals surface area contributed by atoms with Gasteiger partial charge in [-0.15, -0.1) is 10.2 Å². The number of hydrogen-bond acceptors (Lipinski definition) is 7. The lowest BCUT2D eigenvalue weighted by atomic mass is 9.79. The van der Waals surface area contributed by atoms with Gasteiger partial charge in [0, 0.05) is 43.2 Å². The summed E-state index contributed by atoms with van der Waals surface area (Å²) < 4.78 is 5.80. The summed E-state index contributed by atoms with van der Waals surface area (Å²) in [7, 11) is 2.08. The van der Waals surface area contributed by atoms with Crippen molar-refractivity contribution >= 4 is 22.5 Å². The average Bonchev–Trinajstić information content (AvgIpc) is 2.81. The summed E-state index contributed by atoms with van der Waals surface area (Å²) in [5, 5.41) is 28.1. The molecule has 0 saturated carbocycles. The first-order valence-electron chi connectivity index (χ1n) is 12.9. The maximum absolute atomic E-state index is 11.0. The summed E-state index contributed by atoms with van der Waals surface area (Å²) >= 11 is 0. The van der Waals surface area contributed by atoms with Crippen molar-refractivity contribution in [3.05, 3.63) is 42.5 Å². The zero-order valence-electron chi connectivity index (χ0n) is 22.8. The fourth-order valence-electron chi connectivity index (χ4n) is 5.47. The number of aromatic nitrogens is 2. The molecule has 8 heteroatoms. The highest BCUT2D eigenvalue weighted by Crippen LogP contribution is 2.35. The zero-order chi connectivity index (χ0) is 26.8. The Balaban J connectivity index is 1.47. The summed E-state index contributed by atoms with van der Waals surface area (Å²) in [5.41, 5.74) is 1.36. The van der Waals surface area contributed by atoms with Crippen LogP contribution in [0.15, 0.2) is 42.5 Å². The number of nitrogens with zero attached hydrogens (tertiary/aromatic N) is 3. The van der Waals surface area contributed by atoms with Crippen LogP contribution in [0.5, 0.6) is 11.5 Å². The van der Waals surface area contributed by atoms with E-state index < -0.39 is 0 Å². The molecule has 4 rings (SSSR count). The monoisotopic (exact) mass is 505 g/mol. The van der Waals surface area contributed by atoms with Crippen molar-refractivity contribution in [3.63, 3.8) is 0 Å². The number of carbonyl (C=O) groups excluding carboxylic acids is 1. The van der Waals surface area contributed by atoms with Crippen molar-refractivity contribution in [1.82, 2.24) is 20.8 Å². The van der Waals surface area contributed by atoms with Gasteiger partial charge >= 0.3 is 0 Å². The molecule has 3 N–H and O–H groups in total. The van der Waals surface area contributed by atoms with Gasteiger partial charge < -0.3 is 25.4 Å². The predicted octanol–water partition coefficient (Wildman–Crippen LogP) is 4.65. The second-order valence-electron chi connectivity index (χ2n) is 11.4. The SMILES string of the molecule is CC(=O)NCCCOc1ccc2cc(-c3ccc(N(C)C4CC(C)(C)NC(C)(C)C4)nn3)c(O)cc2c1. The van der Waals surface area contributed by atoms with Crippen LogP contribution in [0, 0.1) is 0 Å². The number of rotatable bonds is 8. The minimum Gasteiger partial charge on any atom is -0.507 e. The smallest absolute Gasteiger partial charge is 0.216 e. The van der Waals surface area contributed by atoms with Crippen LogP contribution in [0.25, 0.3) is 22.0 Å². The molecular formula is C29H39N5O3. The van der Waals surface area contributed by atoms with E-state index in [1.54, 1.807) is 6.07 Å². The number of hydrogen-bond donors (Lipinski definition) is 3. The summed E-state index contributed by atoms with van der Waals surface area (Å²) in [6.45, 7) is 11.6. The first kappa shape index (κ1) is 26.7. The van der Waals surface area contributed by atoms with Crippen molar-refractivity contribution in [2.24, 2.45) is 0 Å². The quantitative estimate of drug-likeness (QED) is 0.383. The average molecular weight is 506 g/mol.